The third-order valence-electron chi connectivity index (χ3n) is 5.54. The molecular weight excluding hydrogens is 405 g/mol. The van der Waals surface area contributed by atoms with Crippen molar-refractivity contribution in [1.82, 2.24) is 4.31 Å². The first kappa shape index (κ1) is 22.2. The average Bonchev–Trinajstić information content (AvgIpc) is 2.76. The maximum atomic E-state index is 13.1. The van der Waals surface area contributed by atoms with Gasteiger partial charge in [0.2, 0.25) is 15.9 Å². The fourth-order valence-corrected chi connectivity index (χ4v) is 5.17. The monoisotopic (exact) mass is 433 g/mol. The second kappa shape index (κ2) is 9.57. The highest BCUT2D eigenvalue weighted by molar-refractivity contribution is 7.89. The normalized spacial score (nSPS) is 15.7. The Bertz CT molecular complexity index is 950. The molecule has 1 fully saturated rings. The van der Waals surface area contributed by atoms with Crippen LogP contribution < -0.4 is 10.2 Å². The van der Waals surface area contributed by atoms with Crippen molar-refractivity contribution in [2.24, 2.45) is 5.92 Å². The van der Waals surface area contributed by atoms with Crippen LogP contribution in [0, 0.1) is 11.7 Å². The molecule has 1 heterocycles. The zero-order chi connectivity index (χ0) is 21.7. The van der Waals surface area contributed by atoms with E-state index in [9.17, 15) is 17.6 Å². The van der Waals surface area contributed by atoms with Gasteiger partial charge in [0.15, 0.2) is 0 Å². The molecule has 2 aromatic carbocycles. The maximum Gasteiger partial charge on any atom is 0.243 e. The lowest BCUT2D eigenvalue weighted by atomic mass is 9.97. The molecule has 162 valence electrons. The minimum Gasteiger partial charge on any atom is -0.372 e. The summed E-state index contributed by atoms with van der Waals surface area (Å²) in [6.45, 7) is 6.56. The summed E-state index contributed by atoms with van der Waals surface area (Å²) in [5.74, 6) is -0.814. The van der Waals surface area contributed by atoms with Crippen molar-refractivity contribution < 1.29 is 17.6 Å². The predicted octanol–water partition coefficient (Wildman–Crippen LogP) is 3.71. The highest BCUT2D eigenvalue weighted by Crippen LogP contribution is 2.25. The minimum absolute atomic E-state index is 0.0695. The number of carbonyl (C=O) groups is 1. The van der Waals surface area contributed by atoms with E-state index >= 15 is 0 Å². The molecule has 1 aliphatic rings. The first-order valence-electron chi connectivity index (χ1n) is 10.3. The molecular formula is C22H28FN3O3S. The third-order valence-corrected chi connectivity index (χ3v) is 7.45. The molecule has 0 bridgehead atoms. The molecule has 6 nitrogen and oxygen atoms in total. The molecule has 0 aromatic heterocycles. The molecule has 1 N–H and O–H groups in total. The lowest BCUT2D eigenvalue weighted by Crippen LogP contribution is -2.41. The highest BCUT2D eigenvalue weighted by atomic mass is 32.2. The molecule has 8 heteroatoms. The summed E-state index contributed by atoms with van der Waals surface area (Å²) in [5, 5.41) is 2.94. The largest absolute Gasteiger partial charge is 0.372 e. The molecule has 0 saturated carbocycles. The van der Waals surface area contributed by atoms with E-state index < -0.39 is 15.8 Å². The average molecular weight is 434 g/mol. The van der Waals surface area contributed by atoms with Crippen LogP contribution in [0.3, 0.4) is 0 Å². The minimum atomic E-state index is -3.67. The zero-order valence-corrected chi connectivity index (χ0v) is 18.2. The van der Waals surface area contributed by atoms with Gasteiger partial charge in [0, 0.05) is 43.5 Å². The van der Waals surface area contributed by atoms with Crippen molar-refractivity contribution in [3.05, 3.63) is 54.3 Å². The summed E-state index contributed by atoms with van der Waals surface area (Å²) < 4.78 is 39.8. The Morgan fingerprint density at radius 1 is 1.03 bits per heavy atom. The van der Waals surface area contributed by atoms with Crippen molar-refractivity contribution in [3.8, 4) is 0 Å². The summed E-state index contributed by atoms with van der Waals surface area (Å²) in [7, 11) is -3.67. The quantitative estimate of drug-likeness (QED) is 0.723. The second-order valence-corrected chi connectivity index (χ2v) is 9.28. The van der Waals surface area contributed by atoms with E-state index in [2.05, 4.69) is 24.1 Å². The first-order valence-corrected chi connectivity index (χ1v) is 11.7. The Morgan fingerprint density at radius 3 is 2.13 bits per heavy atom. The lowest BCUT2D eigenvalue weighted by Gasteiger charge is -2.30. The van der Waals surface area contributed by atoms with Gasteiger partial charge < -0.3 is 10.2 Å². The number of anilines is 2. The number of halogens is 1. The van der Waals surface area contributed by atoms with Crippen LogP contribution in [0.5, 0.6) is 0 Å². The van der Waals surface area contributed by atoms with E-state index in [0.717, 1.165) is 36.6 Å². The van der Waals surface area contributed by atoms with Gasteiger partial charge in [-0.2, -0.15) is 4.31 Å². The number of hydrogen-bond acceptors (Lipinski definition) is 4. The van der Waals surface area contributed by atoms with E-state index in [1.165, 1.54) is 16.4 Å². The van der Waals surface area contributed by atoms with Gasteiger partial charge in [0.05, 0.1) is 4.90 Å². The van der Waals surface area contributed by atoms with Crippen molar-refractivity contribution in [2.75, 3.05) is 36.4 Å². The Hall–Kier alpha value is -2.45. The molecule has 30 heavy (non-hydrogen) atoms. The van der Waals surface area contributed by atoms with Crippen LogP contribution in [-0.2, 0) is 14.8 Å². The molecule has 3 rings (SSSR count). The Labute approximate surface area is 177 Å². The van der Waals surface area contributed by atoms with Crippen molar-refractivity contribution in [2.45, 2.75) is 31.6 Å². The van der Waals surface area contributed by atoms with E-state index in [0.29, 0.717) is 12.8 Å². The van der Waals surface area contributed by atoms with Crippen LogP contribution in [0.25, 0.3) is 0 Å². The van der Waals surface area contributed by atoms with E-state index in [4.69, 9.17) is 0 Å². The fraction of sp³-hybridized carbons (Fsp3) is 0.409. The summed E-state index contributed by atoms with van der Waals surface area (Å²) in [5.41, 5.74) is 1.84. The lowest BCUT2D eigenvalue weighted by molar-refractivity contribution is -0.120. The van der Waals surface area contributed by atoms with Gasteiger partial charge in [-0.3, -0.25) is 4.79 Å². The molecule has 0 radical (unpaired) electrons. The molecule has 1 aliphatic heterocycles. The van der Waals surface area contributed by atoms with Gasteiger partial charge >= 0.3 is 0 Å². The fourth-order valence-electron chi connectivity index (χ4n) is 3.70. The number of sulfonamides is 1. The number of benzene rings is 2. The van der Waals surface area contributed by atoms with Crippen LogP contribution in [0.15, 0.2) is 53.4 Å². The smallest absolute Gasteiger partial charge is 0.243 e. The van der Waals surface area contributed by atoms with Crippen molar-refractivity contribution >= 4 is 27.3 Å². The molecule has 1 amide bonds. The first-order chi connectivity index (χ1) is 14.3. The number of nitrogens with zero attached hydrogens (tertiary/aromatic N) is 2. The van der Waals surface area contributed by atoms with Crippen LogP contribution in [0.1, 0.15) is 26.7 Å². The van der Waals surface area contributed by atoms with Crippen molar-refractivity contribution in [1.29, 1.82) is 0 Å². The molecule has 0 spiro atoms. The number of rotatable bonds is 7. The molecule has 0 aliphatic carbocycles. The molecule has 0 unspecified atom stereocenters. The number of piperidine rings is 1. The highest BCUT2D eigenvalue weighted by Gasteiger charge is 2.32. The summed E-state index contributed by atoms with van der Waals surface area (Å²) in [6, 6.07) is 12.6. The number of carbonyl (C=O) groups excluding carboxylic acids is 1. The standard InChI is InChI=1S/C22H28FN3O3S/c1-3-25(4-2)20-9-7-19(8-10-20)24-22(27)17-13-15-26(16-14-17)30(28,29)21-11-5-18(23)6-12-21/h5-12,17H,3-4,13-16H2,1-2H3,(H,24,27). The summed E-state index contributed by atoms with van der Waals surface area (Å²) in [4.78, 5) is 14.9. The summed E-state index contributed by atoms with van der Waals surface area (Å²) in [6.07, 6.45) is 0.896. The van der Waals surface area contributed by atoms with Crippen molar-refractivity contribution in [3.63, 3.8) is 0 Å². The summed E-state index contributed by atoms with van der Waals surface area (Å²) >= 11 is 0. The Morgan fingerprint density at radius 2 is 1.60 bits per heavy atom. The van der Waals surface area contributed by atoms with Crippen LogP contribution >= 0.6 is 0 Å². The van der Waals surface area contributed by atoms with E-state index in [-0.39, 0.29) is 29.8 Å². The Kier molecular flexibility index (Phi) is 7.10. The third kappa shape index (κ3) is 4.99. The van der Waals surface area contributed by atoms with Gasteiger partial charge in [-0.1, -0.05) is 0 Å². The van der Waals surface area contributed by atoms with Gasteiger partial charge in [-0.25, -0.2) is 12.8 Å². The van der Waals surface area contributed by atoms with E-state index in [1.807, 2.05) is 24.3 Å². The topological polar surface area (TPSA) is 69.7 Å². The van der Waals surface area contributed by atoms with Gasteiger partial charge in [0.1, 0.15) is 5.82 Å². The van der Waals surface area contributed by atoms with Gasteiger partial charge in [-0.05, 0) is 75.2 Å². The number of amides is 1. The van der Waals surface area contributed by atoms with Gasteiger partial charge in [-0.15, -0.1) is 0 Å². The second-order valence-electron chi connectivity index (χ2n) is 7.34. The number of nitrogens with one attached hydrogen (secondary N) is 1. The van der Waals surface area contributed by atoms with Crippen LogP contribution in [0.2, 0.25) is 0 Å². The van der Waals surface area contributed by atoms with E-state index in [1.54, 1.807) is 0 Å². The van der Waals surface area contributed by atoms with Crippen LogP contribution in [0.4, 0.5) is 15.8 Å². The Balaban J connectivity index is 1.57. The van der Waals surface area contributed by atoms with Crippen LogP contribution in [-0.4, -0.2) is 44.8 Å². The molecule has 1 saturated heterocycles. The maximum absolute atomic E-state index is 13.1. The SMILES string of the molecule is CCN(CC)c1ccc(NC(=O)C2CCN(S(=O)(=O)c3ccc(F)cc3)CC2)cc1. The zero-order valence-electron chi connectivity index (χ0n) is 17.3. The molecule has 0 atom stereocenters. The molecule has 2 aromatic rings. The predicted molar refractivity (Wildman–Crippen MR) is 117 cm³/mol. The number of hydrogen-bond donors (Lipinski definition) is 1. The van der Waals surface area contributed by atoms with Gasteiger partial charge in [0.25, 0.3) is 0 Å².